The largest absolute Gasteiger partial charge is 0.494 e. The van der Waals surface area contributed by atoms with Gasteiger partial charge in [0.15, 0.2) is 0 Å². The summed E-state index contributed by atoms with van der Waals surface area (Å²) in [6.45, 7) is 2.72. The Hall–Kier alpha value is -1.72. The maximum atomic E-state index is 12.6. The summed E-state index contributed by atoms with van der Waals surface area (Å²) < 4.78 is 32.1. The zero-order valence-corrected chi connectivity index (χ0v) is 14.8. The van der Waals surface area contributed by atoms with Gasteiger partial charge in [0.1, 0.15) is 5.75 Å². The van der Waals surface area contributed by atoms with Crippen LogP contribution in [0.5, 0.6) is 5.75 Å². The van der Waals surface area contributed by atoms with Gasteiger partial charge in [-0.3, -0.25) is 4.31 Å². The van der Waals surface area contributed by atoms with Crippen molar-refractivity contribution in [3.63, 3.8) is 0 Å². The molecule has 0 aromatic heterocycles. The minimum Gasteiger partial charge on any atom is -0.494 e. The van der Waals surface area contributed by atoms with Crippen molar-refractivity contribution in [3.8, 4) is 5.75 Å². The molecule has 0 saturated heterocycles. The molecule has 0 heterocycles. The molecule has 23 heavy (non-hydrogen) atoms. The summed E-state index contributed by atoms with van der Waals surface area (Å²) in [5.41, 5.74) is 0.553. The van der Waals surface area contributed by atoms with Crippen LogP contribution in [0.4, 0.5) is 5.69 Å². The predicted octanol–water partition coefficient (Wildman–Crippen LogP) is 4.34. The van der Waals surface area contributed by atoms with Crippen LogP contribution < -0.4 is 9.04 Å². The predicted molar refractivity (Wildman–Crippen MR) is 93.9 cm³/mol. The molecule has 2 aromatic carbocycles. The molecule has 0 N–H and O–H groups in total. The van der Waals surface area contributed by atoms with Crippen LogP contribution in [-0.4, -0.2) is 22.1 Å². The van der Waals surface area contributed by atoms with Crippen molar-refractivity contribution < 1.29 is 13.2 Å². The van der Waals surface area contributed by atoms with Gasteiger partial charge in [0.05, 0.1) is 17.2 Å². The van der Waals surface area contributed by atoms with Crippen molar-refractivity contribution in [1.29, 1.82) is 0 Å². The first kappa shape index (κ1) is 17.6. The summed E-state index contributed by atoms with van der Waals surface area (Å²) in [6.07, 6.45) is 2.03. The summed E-state index contributed by atoms with van der Waals surface area (Å²) in [6, 6.07) is 13.1. The molecule has 2 rings (SSSR count). The quantitative estimate of drug-likeness (QED) is 0.695. The number of anilines is 1. The fourth-order valence-electron chi connectivity index (χ4n) is 1.99. The van der Waals surface area contributed by atoms with Gasteiger partial charge in [-0.2, -0.15) is 0 Å². The maximum absolute atomic E-state index is 12.6. The number of sulfonamides is 1. The van der Waals surface area contributed by atoms with E-state index in [9.17, 15) is 8.42 Å². The molecule has 0 aliphatic carbocycles. The molecule has 4 nitrogen and oxygen atoms in total. The van der Waals surface area contributed by atoms with E-state index >= 15 is 0 Å². The lowest BCUT2D eigenvalue weighted by Gasteiger charge is -2.19. The van der Waals surface area contributed by atoms with E-state index in [-0.39, 0.29) is 4.90 Å². The standard InChI is InChI=1S/C17H20ClNO3S/c1-3-4-13-22-16-9-11-17(12-10-16)23(20,21)19(2)15-7-5-14(18)6-8-15/h5-12H,3-4,13H2,1-2H3. The van der Waals surface area contributed by atoms with Crippen LogP contribution in [0.25, 0.3) is 0 Å². The van der Waals surface area contributed by atoms with Gasteiger partial charge >= 0.3 is 0 Å². The van der Waals surface area contributed by atoms with Gasteiger partial charge in [-0.15, -0.1) is 0 Å². The van der Waals surface area contributed by atoms with Crippen molar-refractivity contribution in [3.05, 3.63) is 53.6 Å². The Kier molecular flexibility index (Phi) is 5.91. The van der Waals surface area contributed by atoms with E-state index in [0.717, 1.165) is 12.8 Å². The van der Waals surface area contributed by atoms with Crippen LogP contribution >= 0.6 is 11.6 Å². The molecule has 124 valence electrons. The first-order valence-corrected chi connectivity index (χ1v) is 9.24. The molecule has 0 unspecified atom stereocenters. The van der Waals surface area contributed by atoms with Crippen molar-refractivity contribution in [2.75, 3.05) is 18.0 Å². The monoisotopic (exact) mass is 353 g/mol. The van der Waals surface area contributed by atoms with Crippen LogP contribution in [0.1, 0.15) is 19.8 Å². The van der Waals surface area contributed by atoms with E-state index < -0.39 is 10.0 Å². The van der Waals surface area contributed by atoms with Crippen molar-refractivity contribution in [1.82, 2.24) is 0 Å². The molecular weight excluding hydrogens is 334 g/mol. The highest BCUT2D eigenvalue weighted by atomic mass is 35.5. The van der Waals surface area contributed by atoms with Gasteiger partial charge in [0, 0.05) is 12.1 Å². The van der Waals surface area contributed by atoms with E-state index in [1.165, 1.54) is 11.4 Å². The minimum absolute atomic E-state index is 0.220. The number of hydrogen-bond donors (Lipinski definition) is 0. The fourth-order valence-corrected chi connectivity index (χ4v) is 3.31. The fraction of sp³-hybridized carbons (Fsp3) is 0.294. The molecule has 0 amide bonds. The lowest BCUT2D eigenvalue weighted by Crippen LogP contribution is -2.26. The highest BCUT2D eigenvalue weighted by Gasteiger charge is 2.21. The lowest BCUT2D eigenvalue weighted by molar-refractivity contribution is 0.309. The summed E-state index contributed by atoms with van der Waals surface area (Å²) in [5.74, 6) is 0.673. The Morgan fingerprint density at radius 1 is 1.04 bits per heavy atom. The van der Waals surface area contributed by atoms with Gasteiger partial charge in [0.25, 0.3) is 10.0 Å². The van der Waals surface area contributed by atoms with E-state index in [0.29, 0.717) is 23.1 Å². The number of hydrogen-bond acceptors (Lipinski definition) is 3. The van der Waals surface area contributed by atoms with Crippen LogP contribution in [0, 0.1) is 0 Å². The molecule has 0 bridgehead atoms. The molecule has 0 spiro atoms. The summed E-state index contributed by atoms with van der Waals surface area (Å²) in [5, 5.41) is 0.563. The van der Waals surface area contributed by atoms with Gasteiger partial charge in [-0.05, 0) is 55.0 Å². The molecular formula is C17H20ClNO3S. The summed E-state index contributed by atoms with van der Waals surface area (Å²) >= 11 is 5.84. The van der Waals surface area contributed by atoms with E-state index in [1.54, 1.807) is 48.5 Å². The number of ether oxygens (including phenoxy) is 1. The highest BCUT2D eigenvalue weighted by Crippen LogP contribution is 2.25. The van der Waals surface area contributed by atoms with Crippen molar-refractivity contribution in [2.24, 2.45) is 0 Å². The molecule has 2 aromatic rings. The molecule has 0 fully saturated rings. The average Bonchev–Trinajstić information content (AvgIpc) is 2.55. The van der Waals surface area contributed by atoms with Crippen LogP contribution in [0.15, 0.2) is 53.4 Å². The number of unbranched alkanes of at least 4 members (excludes halogenated alkanes) is 1. The molecule has 0 aliphatic heterocycles. The second-order valence-corrected chi connectivity index (χ2v) is 7.53. The Morgan fingerprint density at radius 3 is 2.22 bits per heavy atom. The van der Waals surface area contributed by atoms with Crippen LogP contribution in [0.3, 0.4) is 0 Å². The number of rotatable bonds is 7. The number of benzene rings is 2. The zero-order valence-electron chi connectivity index (χ0n) is 13.2. The molecule has 0 atom stereocenters. The lowest BCUT2D eigenvalue weighted by atomic mass is 10.3. The normalized spacial score (nSPS) is 11.3. The smallest absolute Gasteiger partial charge is 0.264 e. The minimum atomic E-state index is -3.61. The molecule has 0 saturated carbocycles. The Labute approximate surface area is 142 Å². The van der Waals surface area contributed by atoms with Crippen molar-refractivity contribution >= 4 is 27.3 Å². The summed E-state index contributed by atoms with van der Waals surface area (Å²) in [7, 11) is -2.09. The molecule has 6 heteroatoms. The van der Waals surface area contributed by atoms with Crippen molar-refractivity contribution in [2.45, 2.75) is 24.7 Å². The maximum Gasteiger partial charge on any atom is 0.264 e. The van der Waals surface area contributed by atoms with Gasteiger partial charge in [-0.1, -0.05) is 24.9 Å². The van der Waals surface area contributed by atoms with E-state index in [1.807, 2.05) is 0 Å². The second-order valence-electron chi connectivity index (χ2n) is 5.12. The second kappa shape index (κ2) is 7.70. The van der Waals surface area contributed by atoms with Gasteiger partial charge < -0.3 is 4.74 Å². The van der Waals surface area contributed by atoms with Gasteiger partial charge in [0.2, 0.25) is 0 Å². The average molecular weight is 354 g/mol. The Balaban J connectivity index is 2.17. The Morgan fingerprint density at radius 2 is 1.65 bits per heavy atom. The first-order chi connectivity index (χ1) is 10.9. The Bertz CT molecular complexity index is 727. The highest BCUT2D eigenvalue weighted by molar-refractivity contribution is 7.92. The zero-order chi connectivity index (χ0) is 16.9. The van der Waals surface area contributed by atoms with Crippen LogP contribution in [-0.2, 0) is 10.0 Å². The molecule has 0 aliphatic rings. The van der Waals surface area contributed by atoms with Gasteiger partial charge in [-0.25, -0.2) is 8.42 Å². The van der Waals surface area contributed by atoms with Crippen LogP contribution in [0.2, 0.25) is 5.02 Å². The first-order valence-electron chi connectivity index (χ1n) is 7.42. The topological polar surface area (TPSA) is 46.6 Å². The third kappa shape index (κ3) is 4.39. The molecule has 0 radical (unpaired) electrons. The number of halogens is 1. The van der Waals surface area contributed by atoms with E-state index in [2.05, 4.69) is 6.92 Å². The number of nitrogens with zero attached hydrogens (tertiary/aromatic N) is 1. The third-order valence-corrected chi connectivity index (χ3v) is 5.49. The van der Waals surface area contributed by atoms with E-state index in [4.69, 9.17) is 16.3 Å². The summed E-state index contributed by atoms with van der Waals surface area (Å²) in [4.78, 5) is 0.220. The third-order valence-electron chi connectivity index (χ3n) is 3.44. The SMILES string of the molecule is CCCCOc1ccc(S(=O)(=O)N(C)c2ccc(Cl)cc2)cc1.